The number of piperidine rings is 1. The van der Waals surface area contributed by atoms with Gasteiger partial charge in [0.2, 0.25) is 0 Å². The molecule has 1 aromatic heterocycles. The largest absolute Gasteiger partial charge is 0.393 e. The maximum Gasteiger partial charge on any atom is 0.272 e. The second-order valence-corrected chi connectivity index (χ2v) is 5.45. The van der Waals surface area contributed by atoms with Gasteiger partial charge in [-0.2, -0.15) is 5.10 Å². The van der Waals surface area contributed by atoms with Gasteiger partial charge in [-0.25, -0.2) is 0 Å². The Bertz CT molecular complexity index is 497. The highest BCUT2D eigenvalue weighted by Crippen LogP contribution is 2.19. The summed E-state index contributed by atoms with van der Waals surface area (Å²) in [4.78, 5) is 14.9. The van der Waals surface area contributed by atoms with Crippen LogP contribution in [0.4, 0.5) is 0 Å². The van der Waals surface area contributed by atoms with Gasteiger partial charge in [-0.1, -0.05) is 12.2 Å². The minimum absolute atomic E-state index is 0.0309. The fraction of sp³-hybridized carbons (Fsp3) is 0.615. The van der Waals surface area contributed by atoms with Crippen LogP contribution in [0.3, 0.4) is 0 Å². The van der Waals surface area contributed by atoms with E-state index in [-0.39, 0.29) is 11.8 Å². The fourth-order valence-electron chi connectivity index (χ4n) is 2.51. The molecular formula is C13H20N4OS. The van der Waals surface area contributed by atoms with Gasteiger partial charge in [-0.3, -0.25) is 9.48 Å². The topological polar surface area (TPSA) is 64.2 Å². The maximum atomic E-state index is 12.5. The van der Waals surface area contributed by atoms with Crippen molar-refractivity contribution in [3.05, 3.63) is 17.5 Å². The van der Waals surface area contributed by atoms with Crippen molar-refractivity contribution in [1.29, 1.82) is 0 Å². The molecule has 0 aromatic carbocycles. The van der Waals surface area contributed by atoms with E-state index in [1.807, 2.05) is 24.8 Å². The minimum atomic E-state index is 0.0309. The zero-order valence-electron chi connectivity index (χ0n) is 11.4. The molecule has 0 bridgehead atoms. The number of nitrogens with two attached hydrogens (primary N) is 1. The quantitative estimate of drug-likeness (QED) is 0.849. The first-order chi connectivity index (χ1) is 9.02. The molecule has 0 saturated carbocycles. The second kappa shape index (κ2) is 5.69. The average Bonchev–Trinajstić information content (AvgIpc) is 2.79. The lowest BCUT2D eigenvalue weighted by molar-refractivity contribution is 0.0691. The van der Waals surface area contributed by atoms with Crippen LogP contribution in [0.15, 0.2) is 6.07 Å². The van der Waals surface area contributed by atoms with Gasteiger partial charge in [-0.05, 0) is 32.8 Å². The van der Waals surface area contributed by atoms with Gasteiger partial charge in [0.25, 0.3) is 5.91 Å². The van der Waals surface area contributed by atoms with Gasteiger partial charge in [0, 0.05) is 25.6 Å². The maximum absolute atomic E-state index is 12.5. The third-order valence-corrected chi connectivity index (χ3v) is 3.87. The molecular weight excluding hydrogens is 260 g/mol. The van der Waals surface area contributed by atoms with Gasteiger partial charge in [0.1, 0.15) is 5.69 Å². The predicted octanol–water partition coefficient (Wildman–Crippen LogP) is 1.35. The van der Waals surface area contributed by atoms with E-state index in [0.29, 0.717) is 23.8 Å². The molecule has 1 amide bonds. The number of rotatable bonds is 3. The zero-order chi connectivity index (χ0) is 14.0. The Hall–Kier alpha value is -1.43. The van der Waals surface area contributed by atoms with E-state index in [9.17, 15) is 4.79 Å². The van der Waals surface area contributed by atoms with Crippen LogP contribution in [0.2, 0.25) is 0 Å². The number of hydrogen-bond acceptors (Lipinski definition) is 3. The van der Waals surface area contributed by atoms with E-state index in [4.69, 9.17) is 18.0 Å². The van der Waals surface area contributed by atoms with E-state index >= 15 is 0 Å². The highest BCUT2D eigenvalue weighted by Gasteiger charge is 2.27. The van der Waals surface area contributed by atoms with Crippen molar-refractivity contribution in [2.24, 2.45) is 11.7 Å². The number of carbonyl (C=O) groups is 1. The molecule has 2 N–H and O–H groups in total. The van der Waals surface area contributed by atoms with Crippen LogP contribution in [0.25, 0.3) is 0 Å². The van der Waals surface area contributed by atoms with E-state index < -0.39 is 0 Å². The predicted molar refractivity (Wildman–Crippen MR) is 78.1 cm³/mol. The van der Waals surface area contributed by atoms with Crippen molar-refractivity contribution >= 4 is 23.1 Å². The highest BCUT2D eigenvalue weighted by molar-refractivity contribution is 7.80. The number of aromatic nitrogens is 2. The molecule has 1 aromatic rings. The van der Waals surface area contributed by atoms with Crippen LogP contribution in [-0.4, -0.2) is 38.7 Å². The van der Waals surface area contributed by atoms with E-state index in [0.717, 1.165) is 25.1 Å². The van der Waals surface area contributed by atoms with Crippen molar-refractivity contribution in [3.63, 3.8) is 0 Å². The summed E-state index contributed by atoms with van der Waals surface area (Å²) in [5, 5.41) is 4.32. The van der Waals surface area contributed by atoms with Crippen LogP contribution in [0.1, 0.15) is 35.9 Å². The Kier molecular flexibility index (Phi) is 4.19. The third-order valence-electron chi connectivity index (χ3n) is 3.53. The molecule has 2 rings (SSSR count). The van der Waals surface area contributed by atoms with Crippen LogP contribution in [-0.2, 0) is 6.54 Å². The number of aryl methyl sites for hydroxylation is 2. The van der Waals surface area contributed by atoms with Gasteiger partial charge < -0.3 is 10.6 Å². The van der Waals surface area contributed by atoms with Crippen LogP contribution in [0, 0.1) is 12.8 Å². The summed E-state index contributed by atoms with van der Waals surface area (Å²) in [5.41, 5.74) is 7.23. The zero-order valence-corrected chi connectivity index (χ0v) is 12.2. The molecule has 104 valence electrons. The minimum Gasteiger partial charge on any atom is -0.393 e. The molecule has 0 aliphatic carbocycles. The Balaban J connectivity index is 2.16. The molecule has 1 unspecified atom stereocenters. The summed E-state index contributed by atoms with van der Waals surface area (Å²) in [6.45, 7) is 5.98. The Labute approximate surface area is 118 Å². The van der Waals surface area contributed by atoms with Gasteiger partial charge in [0.05, 0.1) is 10.7 Å². The van der Waals surface area contributed by atoms with Gasteiger partial charge in [0.15, 0.2) is 0 Å². The van der Waals surface area contributed by atoms with Crippen molar-refractivity contribution in [3.8, 4) is 0 Å². The summed E-state index contributed by atoms with van der Waals surface area (Å²) in [7, 11) is 0. The van der Waals surface area contributed by atoms with Crippen molar-refractivity contribution in [2.75, 3.05) is 13.1 Å². The molecule has 1 saturated heterocycles. The van der Waals surface area contributed by atoms with Gasteiger partial charge in [-0.15, -0.1) is 0 Å². The molecule has 1 aliphatic rings. The van der Waals surface area contributed by atoms with Crippen LogP contribution >= 0.6 is 12.2 Å². The first kappa shape index (κ1) is 14.0. The number of nitrogens with zero attached hydrogens (tertiary/aromatic N) is 3. The lowest BCUT2D eigenvalue weighted by Gasteiger charge is -2.32. The summed E-state index contributed by atoms with van der Waals surface area (Å²) in [6, 6.07) is 1.84. The van der Waals surface area contributed by atoms with Gasteiger partial charge >= 0.3 is 0 Å². The molecule has 1 fully saturated rings. The second-order valence-electron chi connectivity index (χ2n) is 4.98. The molecule has 19 heavy (non-hydrogen) atoms. The molecule has 0 radical (unpaired) electrons. The smallest absolute Gasteiger partial charge is 0.272 e. The first-order valence-corrected chi connectivity index (χ1v) is 7.06. The molecule has 1 aliphatic heterocycles. The van der Waals surface area contributed by atoms with Crippen LogP contribution in [0.5, 0.6) is 0 Å². The lowest BCUT2D eigenvalue weighted by atomic mass is 9.98. The third kappa shape index (κ3) is 2.94. The van der Waals surface area contributed by atoms with Crippen molar-refractivity contribution < 1.29 is 4.79 Å². The first-order valence-electron chi connectivity index (χ1n) is 6.66. The molecule has 6 heteroatoms. The number of thiocarbonyl (C=S) groups is 1. The SMILES string of the molecule is CCn1nc(C)cc1C(=O)N1CCCC(C(N)=S)C1. The Morgan fingerprint density at radius 3 is 3.00 bits per heavy atom. The number of carbonyl (C=O) groups excluding carboxylic acids is 1. The highest BCUT2D eigenvalue weighted by atomic mass is 32.1. The normalized spacial score (nSPS) is 19.5. The Morgan fingerprint density at radius 2 is 2.37 bits per heavy atom. The van der Waals surface area contributed by atoms with E-state index in [1.165, 1.54) is 0 Å². The fourth-order valence-corrected chi connectivity index (χ4v) is 2.71. The number of hydrogen-bond donors (Lipinski definition) is 1. The van der Waals surface area contributed by atoms with Crippen molar-refractivity contribution in [2.45, 2.75) is 33.2 Å². The van der Waals surface area contributed by atoms with E-state index in [2.05, 4.69) is 5.10 Å². The van der Waals surface area contributed by atoms with Crippen LogP contribution < -0.4 is 5.73 Å². The summed E-state index contributed by atoms with van der Waals surface area (Å²) < 4.78 is 1.75. The number of amides is 1. The monoisotopic (exact) mass is 280 g/mol. The lowest BCUT2D eigenvalue weighted by Crippen LogP contribution is -2.44. The molecule has 5 nitrogen and oxygen atoms in total. The average molecular weight is 280 g/mol. The Morgan fingerprint density at radius 1 is 1.63 bits per heavy atom. The standard InChI is InChI=1S/C13H20N4OS/c1-3-17-11(7-9(2)15-17)13(18)16-6-4-5-10(8-16)12(14)19/h7,10H,3-6,8H2,1-2H3,(H2,14,19). The molecule has 2 heterocycles. The molecule has 1 atom stereocenters. The summed E-state index contributed by atoms with van der Waals surface area (Å²) >= 11 is 5.05. The summed E-state index contributed by atoms with van der Waals surface area (Å²) in [6.07, 6.45) is 1.93. The summed E-state index contributed by atoms with van der Waals surface area (Å²) in [5.74, 6) is 0.176. The van der Waals surface area contributed by atoms with E-state index in [1.54, 1.807) is 4.68 Å². The van der Waals surface area contributed by atoms with Crippen molar-refractivity contribution in [1.82, 2.24) is 14.7 Å². The number of likely N-dealkylation sites (tertiary alicyclic amines) is 1. The molecule has 0 spiro atoms.